The summed E-state index contributed by atoms with van der Waals surface area (Å²) >= 11 is 0. The molecule has 9 heteroatoms. The molecule has 0 amide bonds. The second-order valence-electron chi connectivity index (χ2n) is 9.53. The van der Waals surface area contributed by atoms with Gasteiger partial charge in [-0.05, 0) is 31.5 Å². The third-order valence-corrected chi connectivity index (χ3v) is 7.42. The van der Waals surface area contributed by atoms with Crippen molar-refractivity contribution in [3.8, 4) is 34.0 Å². The molecule has 3 aromatic heterocycles. The number of aromatic amines is 1. The van der Waals surface area contributed by atoms with Crippen molar-refractivity contribution in [3.63, 3.8) is 0 Å². The van der Waals surface area contributed by atoms with E-state index in [0.29, 0.717) is 11.8 Å². The zero-order chi connectivity index (χ0) is 24.8. The summed E-state index contributed by atoms with van der Waals surface area (Å²) in [6.07, 6.45) is 2.48. The number of aliphatic hydroxyl groups is 1. The third-order valence-electron chi connectivity index (χ3n) is 7.42. The molecule has 1 aromatic carbocycles. The maximum atomic E-state index is 10.0. The molecular formula is C27H30N6O3. The molecule has 6 rings (SSSR count). The van der Waals surface area contributed by atoms with Crippen LogP contribution in [0.3, 0.4) is 0 Å². The standard InChI is InChI=1S/C27H30N6O3/c1-16-20(5-4-6-22(16)35-2)26-23(36-3)12-21-27(29-26)25(31-30-21)17-7-8-24(28-13-17)33-10-9-32-15-19(34)11-18(32)14-33/h4-8,12-13,18-19,34H,9-11,14-15H2,1-3H3,(H,30,31)/t18-,19?/m0/s1. The Morgan fingerprint density at radius 1 is 1.03 bits per heavy atom. The molecule has 2 aliphatic heterocycles. The fraction of sp³-hybridized carbons (Fsp3) is 0.370. The lowest BCUT2D eigenvalue weighted by atomic mass is 10.0. The van der Waals surface area contributed by atoms with Gasteiger partial charge in [0.25, 0.3) is 0 Å². The maximum Gasteiger partial charge on any atom is 0.147 e. The van der Waals surface area contributed by atoms with Gasteiger partial charge < -0.3 is 19.5 Å². The van der Waals surface area contributed by atoms with E-state index in [1.807, 2.05) is 43.5 Å². The van der Waals surface area contributed by atoms with Crippen LogP contribution in [0.25, 0.3) is 33.5 Å². The molecule has 2 atom stereocenters. The predicted molar refractivity (Wildman–Crippen MR) is 139 cm³/mol. The molecule has 0 bridgehead atoms. The molecular weight excluding hydrogens is 456 g/mol. The van der Waals surface area contributed by atoms with Crippen LogP contribution in [0.1, 0.15) is 12.0 Å². The number of pyridine rings is 2. The Morgan fingerprint density at radius 2 is 1.89 bits per heavy atom. The van der Waals surface area contributed by atoms with E-state index in [-0.39, 0.29) is 6.10 Å². The highest BCUT2D eigenvalue weighted by molar-refractivity contribution is 5.93. The van der Waals surface area contributed by atoms with Crippen molar-refractivity contribution in [1.82, 2.24) is 25.1 Å². The Bertz CT molecular complexity index is 1400. The number of hydrogen-bond acceptors (Lipinski definition) is 8. The zero-order valence-corrected chi connectivity index (χ0v) is 20.7. The van der Waals surface area contributed by atoms with Gasteiger partial charge in [0, 0.05) is 61.2 Å². The smallest absolute Gasteiger partial charge is 0.147 e. The molecule has 36 heavy (non-hydrogen) atoms. The number of piperazine rings is 1. The minimum Gasteiger partial charge on any atom is -0.496 e. The lowest BCUT2D eigenvalue weighted by Gasteiger charge is -2.37. The molecule has 9 nitrogen and oxygen atoms in total. The molecule has 4 aromatic rings. The first-order valence-electron chi connectivity index (χ1n) is 12.3. The molecule has 0 saturated carbocycles. The van der Waals surface area contributed by atoms with Crippen LogP contribution in [0.4, 0.5) is 5.82 Å². The van der Waals surface area contributed by atoms with Crippen LogP contribution in [0, 0.1) is 6.92 Å². The van der Waals surface area contributed by atoms with Crippen LogP contribution in [0.15, 0.2) is 42.6 Å². The maximum absolute atomic E-state index is 10.0. The number of aromatic nitrogens is 4. The van der Waals surface area contributed by atoms with E-state index in [1.165, 1.54) is 0 Å². The average molecular weight is 487 g/mol. The van der Waals surface area contributed by atoms with Gasteiger partial charge in [0.15, 0.2) is 0 Å². The van der Waals surface area contributed by atoms with Gasteiger partial charge >= 0.3 is 0 Å². The van der Waals surface area contributed by atoms with Gasteiger partial charge in [-0.15, -0.1) is 0 Å². The van der Waals surface area contributed by atoms with E-state index in [4.69, 9.17) is 19.4 Å². The van der Waals surface area contributed by atoms with Crippen LogP contribution in [0.5, 0.6) is 11.5 Å². The monoisotopic (exact) mass is 486 g/mol. The van der Waals surface area contributed by atoms with Gasteiger partial charge in [-0.2, -0.15) is 5.10 Å². The topological polar surface area (TPSA) is 99.6 Å². The fourth-order valence-electron chi connectivity index (χ4n) is 5.51. The Balaban J connectivity index is 1.33. The molecule has 0 aliphatic carbocycles. The number of fused-ring (bicyclic) bond motifs is 2. The first-order valence-corrected chi connectivity index (χ1v) is 12.3. The number of ether oxygens (including phenoxy) is 2. The second kappa shape index (κ2) is 9.07. The Labute approximate surface area is 209 Å². The highest BCUT2D eigenvalue weighted by Crippen LogP contribution is 2.38. The fourth-order valence-corrected chi connectivity index (χ4v) is 5.51. The molecule has 2 N–H and O–H groups in total. The minimum absolute atomic E-state index is 0.213. The summed E-state index contributed by atoms with van der Waals surface area (Å²) in [6, 6.07) is 12.3. The molecule has 1 unspecified atom stereocenters. The average Bonchev–Trinajstić information content (AvgIpc) is 3.49. The summed E-state index contributed by atoms with van der Waals surface area (Å²) in [5.41, 5.74) is 5.89. The van der Waals surface area contributed by atoms with Crippen LogP contribution in [-0.4, -0.2) is 82.7 Å². The number of methoxy groups -OCH3 is 2. The van der Waals surface area contributed by atoms with Gasteiger partial charge in [-0.25, -0.2) is 9.97 Å². The molecule has 2 aliphatic rings. The lowest BCUT2D eigenvalue weighted by Crippen LogP contribution is -2.50. The van der Waals surface area contributed by atoms with E-state index in [9.17, 15) is 5.11 Å². The number of anilines is 1. The van der Waals surface area contributed by atoms with Gasteiger partial charge in [0.05, 0.1) is 25.8 Å². The zero-order valence-electron chi connectivity index (χ0n) is 20.7. The quantitative estimate of drug-likeness (QED) is 0.444. The van der Waals surface area contributed by atoms with Crippen molar-refractivity contribution in [1.29, 1.82) is 0 Å². The summed E-state index contributed by atoms with van der Waals surface area (Å²) in [5.74, 6) is 2.41. The normalized spacial score (nSPS) is 20.1. The second-order valence-corrected chi connectivity index (χ2v) is 9.53. The molecule has 0 spiro atoms. The number of hydrogen-bond donors (Lipinski definition) is 2. The molecule has 2 fully saturated rings. The number of benzene rings is 1. The van der Waals surface area contributed by atoms with Crippen LogP contribution < -0.4 is 14.4 Å². The number of nitrogens with one attached hydrogen (secondary N) is 1. The molecule has 2 saturated heterocycles. The summed E-state index contributed by atoms with van der Waals surface area (Å²) in [6.45, 7) is 5.55. The predicted octanol–water partition coefficient (Wildman–Crippen LogP) is 3.27. The van der Waals surface area contributed by atoms with Crippen molar-refractivity contribution in [2.24, 2.45) is 0 Å². The Hall–Kier alpha value is -3.69. The molecule has 186 valence electrons. The number of rotatable bonds is 5. The summed E-state index contributed by atoms with van der Waals surface area (Å²) in [5, 5.41) is 17.7. The number of H-pyrrole nitrogens is 1. The SMILES string of the molecule is COc1cc2[nH]nc(-c3ccc(N4CCN5CC(O)C[C@H]5C4)nc3)c2nc1-c1cccc(OC)c1C. The van der Waals surface area contributed by atoms with Gasteiger partial charge in [-0.3, -0.25) is 10.00 Å². The van der Waals surface area contributed by atoms with E-state index in [0.717, 1.165) is 83.3 Å². The lowest BCUT2D eigenvalue weighted by molar-refractivity contribution is 0.173. The highest BCUT2D eigenvalue weighted by atomic mass is 16.5. The van der Waals surface area contributed by atoms with Gasteiger partial charge in [0.1, 0.15) is 34.2 Å². The van der Waals surface area contributed by atoms with Crippen molar-refractivity contribution in [3.05, 3.63) is 48.2 Å². The van der Waals surface area contributed by atoms with E-state index >= 15 is 0 Å². The molecule has 5 heterocycles. The van der Waals surface area contributed by atoms with Gasteiger partial charge in [0.2, 0.25) is 0 Å². The Morgan fingerprint density at radius 3 is 2.67 bits per heavy atom. The van der Waals surface area contributed by atoms with E-state index in [1.54, 1.807) is 14.2 Å². The first kappa shape index (κ1) is 22.8. The van der Waals surface area contributed by atoms with Crippen LogP contribution >= 0.6 is 0 Å². The summed E-state index contributed by atoms with van der Waals surface area (Å²) < 4.78 is 11.2. The Kier molecular flexibility index (Phi) is 5.73. The largest absolute Gasteiger partial charge is 0.496 e. The highest BCUT2D eigenvalue weighted by Gasteiger charge is 2.35. The first-order chi connectivity index (χ1) is 17.6. The molecule has 0 radical (unpaired) electrons. The van der Waals surface area contributed by atoms with Crippen molar-refractivity contribution in [2.45, 2.75) is 25.5 Å². The van der Waals surface area contributed by atoms with E-state index in [2.05, 4.69) is 26.1 Å². The van der Waals surface area contributed by atoms with Crippen molar-refractivity contribution < 1.29 is 14.6 Å². The van der Waals surface area contributed by atoms with Crippen molar-refractivity contribution in [2.75, 3.05) is 45.3 Å². The van der Waals surface area contributed by atoms with Crippen LogP contribution in [0.2, 0.25) is 0 Å². The van der Waals surface area contributed by atoms with E-state index < -0.39 is 0 Å². The minimum atomic E-state index is -0.213. The van der Waals surface area contributed by atoms with Crippen molar-refractivity contribution >= 4 is 16.9 Å². The number of aliphatic hydroxyl groups excluding tert-OH is 1. The number of nitrogens with zero attached hydrogens (tertiary/aromatic N) is 5. The third kappa shape index (κ3) is 3.84. The summed E-state index contributed by atoms with van der Waals surface area (Å²) in [4.78, 5) is 14.5. The summed E-state index contributed by atoms with van der Waals surface area (Å²) in [7, 11) is 3.32. The van der Waals surface area contributed by atoms with Gasteiger partial charge in [-0.1, -0.05) is 12.1 Å². The van der Waals surface area contributed by atoms with Crippen LogP contribution in [-0.2, 0) is 0 Å².